The van der Waals surface area contributed by atoms with Crippen LogP contribution in [0.5, 0.6) is 0 Å². The van der Waals surface area contributed by atoms with Crippen molar-refractivity contribution >= 4 is 0 Å². The standard InChI is InChI=1S/C124H76N6/c1-3-29-77(30-4-1)79-61-65-83(66-62-79)115-125-116(127-119(126-115)89-69-71-97-95-41-11-17-47-103(95)123(113(97)75-89)109-53-23-19-49-105(109)121(106-50-20-24-54-110(106)123)99-43-13-7-37-91(99)92-38-8-14-44-100(92)121)84-67-63-81(64-68-84)80-57-59-82(60-58-80)86-34-28-36-88(74-86)118-128-117(87-35-27-33-85(73-87)78-31-5-2-6-32-78)129-120(130-118)90-70-72-98-96-42-12-18-48-104(96)124(114(98)76-90)111-55-25-21-51-107(111)122(108-52-22-26-56-112(108)124)101-45-15-9-39-93(101)94-40-10-16-46-102(94)122/h1-76H. The first-order valence-electron chi connectivity index (χ1n) is 44.9. The van der Waals surface area contributed by atoms with Gasteiger partial charge in [-0.05, 0) is 202 Å². The van der Waals surface area contributed by atoms with Crippen molar-refractivity contribution in [2.75, 3.05) is 0 Å². The van der Waals surface area contributed by atoms with Crippen molar-refractivity contribution in [3.05, 3.63) is 550 Å². The van der Waals surface area contributed by atoms with E-state index < -0.39 is 21.7 Å². The second-order valence-electron chi connectivity index (χ2n) is 35.2. The van der Waals surface area contributed by atoms with Crippen molar-refractivity contribution in [1.82, 2.24) is 29.9 Å². The molecule has 0 fully saturated rings. The minimum atomic E-state index is -0.709. The van der Waals surface area contributed by atoms with E-state index in [0.29, 0.717) is 34.9 Å². The Hall–Kier alpha value is -16.8. The quantitative estimate of drug-likeness (QED) is 0.136. The highest BCUT2D eigenvalue weighted by molar-refractivity contribution is 5.98. The molecule has 4 spiro atoms. The van der Waals surface area contributed by atoms with Crippen LogP contribution in [0.2, 0.25) is 0 Å². The number of fused-ring (bicyclic) bond motifs is 32. The van der Waals surface area contributed by atoms with Gasteiger partial charge in [0.1, 0.15) is 0 Å². The lowest BCUT2D eigenvalue weighted by molar-refractivity contribution is 0.633. The molecule has 0 N–H and O–H groups in total. The lowest BCUT2D eigenvalue weighted by atomic mass is 9.52. The molecule has 6 aliphatic rings. The van der Waals surface area contributed by atoms with E-state index in [1.165, 1.54) is 134 Å². The van der Waals surface area contributed by atoms with Crippen molar-refractivity contribution in [3.63, 3.8) is 0 Å². The van der Waals surface area contributed by atoms with Gasteiger partial charge in [-0.15, -0.1) is 0 Å². The Morgan fingerprint density at radius 3 is 0.531 bits per heavy atom. The van der Waals surface area contributed by atoms with Gasteiger partial charge in [0.05, 0.1) is 21.7 Å². The average Bonchev–Trinajstić information content (AvgIpc) is 1.43. The number of benzene rings is 19. The van der Waals surface area contributed by atoms with Crippen molar-refractivity contribution in [3.8, 4) is 157 Å². The minimum absolute atomic E-state index is 0.563. The maximum atomic E-state index is 5.59. The summed E-state index contributed by atoms with van der Waals surface area (Å²) >= 11 is 0. The predicted octanol–water partition coefficient (Wildman–Crippen LogP) is 28.8. The third-order valence-electron chi connectivity index (χ3n) is 29.0. The fourth-order valence-electron chi connectivity index (χ4n) is 23.7. The summed E-state index contributed by atoms with van der Waals surface area (Å²) in [6.07, 6.45) is 0. The Balaban J connectivity index is 0.551. The zero-order valence-corrected chi connectivity index (χ0v) is 70.6. The molecule has 27 rings (SSSR count). The van der Waals surface area contributed by atoms with Crippen LogP contribution in [0.25, 0.3) is 157 Å². The normalized spacial score (nSPS) is 14.1. The van der Waals surface area contributed by atoms with E-state index in [0.717, 1.165) is 77.9 Å². The second-order valence-corrected chi connectivity index (χ2v) is 35.2. The molecule has 0 aliphatic heterocycles. The SMILES string of the molecule is c1ccc(-c2ccc(-c3nc(-c4ccc(-c5ccc(-c6cccc(-c7nc(-c8cccc(-c9ccccc9)c8)nc(-c8ccc9c(c8)C8(c%10ccccc%10-9)c9ccccc9C9(c%10ccccc%10-c%10ccccc%109)c9ccccc98)n7)c6)cc5)cc4)nc(-c4ccc5c(c4)C4(c6ccccc6-5)c5ccccc5C5(c6ccccc6-c6ccccc65)c5ccccc54)n3)cc2)cc1. The molecule has 0 unspecified atom stereocenters. The van der Waals surface area contributed by atoms with E-state index in [2.05, 4.69) is 461 Å². The van der Waals surface area contributed by atoms with E-state index in [-0.39, 0.29) is 0 Å². The van der Waals surface area contributed by atoms with Crippen LogP contribution in [-0.2, 0) is 21.7 Å². The van der Waals surface area contributed by atoms with E-state index in [4.69, 9.17) is 29.9 Å². The Morgan fingerprint density at radius 1 is 0.100 bits per heavy atom. The van der Waals surface area contributed by atoms with Gasteiger partial charge in [-0.2, -0.15) is 0 Å². The predicted molar refractivity (Wildman–Crippen MR) is 524 cm³/mol. The molecule has 19 aromatic carbocycles. The molecule has 0 saturated heterocycles. The van der Waals surface area contributed by atoms with E-state index in [1.807, 2.05) is 0 Å². The molecule has 6 nitrogen and oxygen atoms in total. The smallest absolute Gasteiger partial charge is 0.164 e. The van der Waals surface area contributed by atoms with Gasteiger partial charge in [0.2, 0.25) is 0 Å². The first kappa shape index (κ1) is 73.5. The molecule has 6 heteroatoms. The van der Waals surface area contributed by atoms with Gasteiger partial charge in [-0.3, -0.25) is 0 Å². The highest BCUT2D eigenvalue weighted by Crippen LogP contribution is 2.70. The number of hydrogen-bond donors (Lipinski definition) is 0. The average molecular weight is 1650 g/mol. The van der Waals surface area contributed by atoms with Crippen LogP contribution in [0, 0.1) is 0 Å². The Kier molecular flexibility index (Phi) is 16.0. The van der Waals surface area contributed by atoms with Crippen molar-refractivity contribution in [1.29, 1.82) is 0 Å². The zero-order valence-electron chi connectivity index (χ0n) is 70.6. The first-order valence-corrected chi connectivity index (χ1v) is 44.9. The third kappa shape index (κ3) is 10.4. The van der Waals surface area contributed by atoms with Gasteiger partial charge >= 0.3 is 0 Å². The Labute approximate surface area is 753 Å². The van der Waals surface area contributed by atoms with Crippen LogP contribution in [0.1, 0.15) is 89.0 Å². The Bertz CT molecular complexity index is 8110. The Morgan fingerprint density at radius 2 is 0.262 bits per heavy atom. The van der Waals surface area contributed by atoms with Crippen LogP contribution in [0.15, 0.2) is 461 Å². The number of nitrogens with zero attached hydrogens (tertiary/aromatic N) is 6. The molecular weight excluding hydrogens is 1570 g/mol. The topological polar surface area (TPSA) is 77.3 Å². The molecule has 2 aromatic heterocycles. The van der Waals surface area contributed by atoms with Crippen LogP contribution in [-0.4, -0.2) is 29.9 Å². The zero-order chi connectivity index (χ0) is 85.4. The van der Waals surface area contributed by atoms with Gasteiger partial charge in [-0.25, -0.2) is 29.9 Å². The summed E-state index contributed by atoms with van der Waals surface area (Å²) in [7, 11) is 0. The van der Waals surface area contributed by atoms with Gasteiger partial charge in [0.25, 0.3) is 0 Å². The largest absolute Gasteiger partial charge is 0.208 e. The molecule has 602 valence electrons. The number of aromatic nitrogens is 6. The van der Waals surface area contributed by atoms with Crippen molar-refractivity contribution in [2.45, 2.75) is 21.7 Å². The highest BCUT2D eigenvalue weighted by Gasteiger charge is 2.61. The number of hydrogen-bond acceptors (Lipinski definition) is 6. The van der Waals surface area contributed by atoms with Crippen molar-refractivity contribution < 1.29 is 0 Å². The molecule has 2 heterocycles. The lowest BCUT2D eigenvalue weighted by Gasteiger charge is -2.48. The van der Waals surface area contributed by atoms with E-state index >= 15 is 0 Å². The maximum absolute atomic E-state index is 5.59. The molecule has 130 heavy (non-hydrogen) atoms. The highest BCUT2D eigenvalue weighted by atomic mass is 15.0. The number of rotatable bonds is 10. The van der Waals surface area contributed by atoms with E-state index in [9.17, 15) is 0 Å². The second kappa shape index (κ2) is 28.4. The monoisotopic (exact) mass is 1650 g/mol. The summed E-state index contributed by atoms with van der Waals surface area (Å²) in [6, 6.07) is 170. The van der Waals surface area contributed by atoms with Gasteiger partial charge < -0.3 is 0 Å². The van der Waals surface area contributed by atoms with Crippen LogP contribution in [0.4, 0.5) is 0 Å². The molecular formula is C124H76N6. The lowest BCUT2D eigenvalue weighted by Crippen LogP contribution is -2.43. The fourth-order valence-corrected chi connectivity index (χ4v) is 23.7. The van der Waals surface area contributed by atoms with Gasteiger partial charge in [0, 0.05) is 33.4 Å². The third-order valence-corrected chi connectivity index (χ3v) is 29.0. The van der Waals surface area contributed by atoms with Gasteiger partial charge in [0.15, 0.2) is 34.9 Å². The first-order chi connectivity index (χ1) is 64.4. The summed E-state index contributed by atoms with van der Waals surface area (Å²) in [6.45, 7) is 0. The van der Waals surface area contributed by atoms with Crippen LogP contribution < -0.4 is 0 Å². The molecule has 21 aromatic rings. The summed E-state index contributed by atoms with van der Waals surface area (Å²) in [5.74, 6) is 3.52. The summed E-state index contributed by atoms with van der Waals surface area (Å²) in [4.78, 5) is 33.0. The van der Waals surface area contributed by atoms with Gasteiger partial charge in [-0.1, -0.05) is 437 Å². The fraction of sp³-hybridized carbons (Fsp3) is 0.0323. The van der Waals surface area contributed by atoms with E-state index in [1.54, 1.807) is 0 Å². The van der Waals surface area contributed by atoms with Crippen LogP contribution in [0.3, 0.4) is 0 Å². The van der Waals surface area contributed by atoms with Crippen LogP contribution >= 0.6 is 0 Å². The minimum Gasteiger partial charge on any atom is -0.208 e. The molecule has 0 atom stereocenters. The van der Waals surface area contributed by atoms with Crippen molar-refractivity contribution in [2.24, 2.45) is 0 Å². The molecule has 0 bridgehead atoms. The summed E-state index contributed by atoms with van der Waals surface area (Å²) in [5.41, 5.74) is 41.8. The summed E-state index contributed by atoms with van der Waals surface area (Å²) < 4.78 is 0. The molecule has 0 saturated carbocycles. The molecule has 0 amide bonds. The molecule has 0 radical (unpaired) electrons. The summed E-state index contributed by atoms with van der Waals surface area (Å²) in [5, 5.41) is 0. The molecule has 6 aliphatic carbocycles. The maximum Gasteiger partial charge on any atom is 0.164 e.